The molecule has 2 nitrogen and oxygen atoms in total. The highest BCUT2D eigenvalue weighted by Gasteiger charge is 2.45. The van der Waals surface area contributed by atoms with Crippen LogP contribution in [0.5, 0.6) is 0 Å². The topological polar surface area (TPSA) is 20.7 Å². The fourth-order valence-corrected chi connectivity index (χ4v) is 5.59. The van der Waals surface area contributed by atoms with Crippen LogP contribution in [0.25, 0.3) is 43.6 Å². The molecule has 1 aliphatic heterocycles. The van der Waals surface area contributed by atoms with E-state index in [1.165, 1.54) is 49.2 Å². The summed E-state index contributed by atoms with van der Waals surface area (Å²) in [5.74, 6) is 0. The number of nitrogens with zero attached hydrogens (tertiary/aromatic N) is 1. The van der Waals surface area contributed by atoms with Crippen molar-refractivity contribution in [3.05, 3.63) is 84.5 Å². The minimum atomic E-state index is -0.0350. The summed E-state index contributed by atoms with van der Waals surface area (Å²) >= 11 is 0. The average molecular weight is 346 g/mol. The van der Waals surface area contributed by atoms with Crippen molar-refractivity contribution in [2.24, 2.45) is 0 Å². The van der Waals surface area contributed by atoms with Crippen molar-refractivity contribution in [1.29, 1.82) is 0 Å². The molecule has 0 fully saturated rings. The molecular formula is C25H18N2. The number of nitrogens with one attached hydrogen (secondary N) is 1. The van der Waals surface area contributed by atoms with E-state index in [-0.39, 0.29) is 5.41 Å². The Hall–Kier alpha value is -3.26. The van der Waals surface area contributed by atoms with Crippen LogP contribution in [0.1, 0.15) is 18.5 Å². The second-order valence-corrected chi connectivity index (χ2v) is 8.10. The Morgan fingerprint density at radius 1 is 0.889 bits per heavy atom. The minimum absolute atomic E-state index is 0.0350. The molecule has 0 saturated heterocycles. The maximum Gasteiger partial charge on any atom is 0.0656 e. The first-order valence-electron chi connectivity index (χ1n) is 9.60. The van der Waals surface area contributed by atoms with Crippen molar-refractivity contribution in [2.45, 2.75) is 18.4 Å². The standard InChI is InChI=1S/C25H18N2/c1-25-13-7-6-12-21(25)27-20-11-5-3-9-16(20)18-14-17-15-8-2-4-10-19(15)26-23(17)22(25)24(18)27/h2-14,21,26H,1H3. The average Bonchev–Trinajstić information content (AvgIpc) is 3.31. The molecule has 0 amide bonds. The van der Waals surface area contributed by atoms with Gasteiger partial charge in [0, 0.05) is 43.6 Å². The van der Waals surface area contributed by atoms with Crippen LogP contribution in [0.2, 0.25) is 0 Å². The molecule has 1 aliphatic carbocycles. The van der Waals surface area contributed by atoms with Gasteiger partial charge in [-0.1, -0.05) is 60.7 Å². The summed E-state index contributed by atoms with van der Waals surface area (Å²) in [7, 11) is 0. The molecule has 7 rings (SSSR count). The number of aromatic amines is 1. The minimum Gasteiger partial charge on any atom is -0.354 e. The van der Waals surface area contributed by atoms with E-state index in [0.29, 0.717) is 6.04 Å². The molecule has 27 heavy (non-hydrogen) atoms. The van der Waals surface area contributed by atoms with Crippen LogP contribution in [0.15, 0.2) is 78.9 Å². The van der Waals surface area contributed by atoms with Gasteiger partial charge in [-0.2, -0.15) is 0 Å². The van der Waals surface area contributed by atoms with Crippen LogP contribution in [-0.2, 0) is 5.41 Å². The highest BCUT2D eigenvalue weighted by molar-refractivity contribution is 6.21. The summed E-state index contributed by atoms with van der Waals surface area (Å²) in [6.07, 6.45) is 9.15. The van der Waals surface area contributed by atoms with Crippen molar-refractivity contribution >= 4 is 43.6 Å². The number of aromatic nitrogens is 2. The van der Waals surface area contributed by atoms with Gasteiger partial charge in [0.05, 0.1) is 17.1 Å². The predicted molar refractivity (Wildman–Crippen MR) is 113 cm³/mol. The van der Waals surface area contributed by atoms with Gasteiger partial charge in [0.25, 0.3) is 0 Å². The highest BCUT2D eigenvalue weighted by Crippen LogP contribution is 2.55. The summed E-state index contributed by atoms with van der Waals surface area (Å²) in [6, 6.07) is 20.2. The van der Waals surface area contributed by atoms with E-state index in [1.54, 1.807) is 0 Å². The zero-order valence-corrected chi connectivity index (χ0v) is 15.0. The summed E-state index contributed by atoms with van der Waals surface area (Å²) in [5, 5.41) is 5.37. The SMILES string of the molecule is CC12C=CC=CC1n1c3ccccc3c3cc4c([nH]c5ccccc54)c2c31. The number of H-pyrrole nitrogens is 1. The number of rotatable bonds is 0. The summed E-state index contributed by atoms with van der Waals surface area (Å²) in [5.41, 5.74) is 6.63. The first-order chi connectivity index (χ1) is 13.3. The Morgan fingerprint density at radius 2 is 1.70 bits per heavy atom. The van der Waals surface area contributed by atoms with Gasteiger partial charge in [-0.25, -0.2) is 0 Å². The quantitative estimate of drug-likeness (QED) is 0.336. The van der Waals surface area contributed by atoms with E-state index >= 15 is 0 Å². The molecule has 2 heteroatoms. The normalized spacial score (nSPS) is 23.2. The Kier molecular flexibility index (Phi) is 2.23. The van der Waals surface area contributed by atoms with Crippen LogP contribution in [-0.4, -0.2) is 9.55 Å². The van der Waals surface area contributed by atoms with Gasteiger partial charge in [-0.15, -0.1) is 0 Å². The molecule has 2 aliphatic rings. The molecule has 0 spiro atoms. The highest BCUT2D eigenvalue weighted by atomic mass is 15.1. The molecular weight excluding hydrogens is 328 g/mol. The van der Waals surface area contributed by atoms with Crippen LogP contribution < -0.4 is 0 Å². The maximum atomic E-state index is 3.75. The first-order valence-corrected chi connectivity index (χ1v) is 9.60. The van der Waals surface area contributed by atoms with Gasteiger partial charge in [0.1, 0.15) is 0 Å². The summed E-state index contributed by atoms with van der Waals surface area (Å²) in [6.45, 7) is 2.39. The largest absolute Gasteiger partial charge is 0.354 e. The molecule has 5 aromatic rings. The van der Waals surface area contributed by atoms with Crippen molar-refractivity contribution < 1.29 is 0 Å². The van der Waals surface area contributed by atoms with Crippen molar-refractivity contribution in [3.8, 4) is 0 Å². The lowest BCUT2D eigenvalue weighted by Gasteiger charge is -2.31. The third-order valence-corrected chi connectivity index (χ3v) is 6.75. The van der Waals surface area contributed by atoms with Crippen LogP contribution in [0.4, 0.5) is 0 Å². The van der Waals surface area contributed by atoms with Gasteiger partial charge in [-0.3, -0.25) is 0 Å². The van der Waals surface area contributed by atoms with E-state index < -0.39 is 0 Å². The lowest BCUT2D eigenvalue weighted by Crippen LogP contribution is -2.27. The summed E-state index contributed by atoms with van der Waals surface area (Å²) < 4.78 is 2.56. The second-order valence-electron chi connectivity index (χ2n) is 8.10. The molecule has 128 valence electrons. The molecule has 2 atom stereocenters. The third kappa shape index (κ3) is 1.43. The van der Waals surface area contributed by atoms with Gasteiger partial charge in [0.2, 0.25) is 0 Å². The predicted octanol–water partition coefficient (Wildman–Crippen LogP) is 6.37. The van der Waals surface area contributed by atoms with Crippen LogP contribution >= 0.6 is 0 Å². The fraction of sp³-hybridized carbons (Fsp3) is 0.120. The number of hydrogen-bond donors (Lipinski definition) is 1. The van der Waals surface area contributed by atoms with Crippen molar-refractivity contribution in [1.82, 2.24) is 9.55 Å². The van der Waals surface area contributed by atoms with Crippen molar-refractivity contribution in [2.75, 3.05) is 0 Å². The molecule has 2 unspecified atom stereocenters. The number of benzene rings is 3. The fourth-order valence-electron chi connectivity index (χ4n) is 5.59. The number of hydrogen-bond acceptors (Lipinski definition) is 0. The van der Waals surface area contributed by atoms with E-state index in [4.69, 9.17) is 0 Å². The molecule has 3 heterocycles. The van der Waals surface area contributed by atoms with E-state index in [0.717, 1.165) is 0 Å². The lowest BCUT2D eigenvalue weighted by atomic mass is 9.74. The Morgan fingerprint density at radius 3 is 2.63 bits per heavy atom. The Labute approximate surface area is 156 Å². The van der Waals surface area contributed by atoms with Gasteiger partial charge in [0.15, 0.2) is 0 Å². The van der Waals surface area contributed by atoms with E-state index in [9.17, 15) is 0 Å². The zero-order valence-electron chi connectivity index (χ0n) is 15.0. The molecule has 0 radical (unpaired) electrons. The number of fused-ring (bicyclic) bond motifs is 10. The van der Waals surface area contributed by atoms with Crippen molar-refractivity contribution in [3.63, 3.8) is 0 Å². The molecule has 2 aromatic heterocycles. The Bertz CT molecular complexity index is 1490. The first kappa shape index (κ1) is 13.9. The monoisotopic (exact) mass is 346 g/mol. The van der Waals surface area contributed by atoms with E-state index in [2.05, 4.69) is 95.4 Å². The van der Waals surface area contributed by atoms with Gasteiger partial charge < -0.3 is 9.55 Å². The lowest BCUT2D eigenvalue weighted by molar-refractivity contribution is 0.466. The van der Waals surface area contributed by atoms with E-state index in [1.807, 2.05) is 0 Å². The molecule has 3 aromatic carbocycles. The van der Waals surface area contributed by atoms with Crippen LogP contribution in [0, 0.1) is 0 Å². The van der Waals surface area contributed by atoms with Gasteiger partial charge in [-0.05, 0) is 25.1 Å². The van der Waals surface area contributed by atoms with Crippen LogP contribution in [0.3, 0.4) is 0 Å². The number of allylic oxidation sites excluding steroid dienone is 4. The smallest absolute Gasteiger partial charge is 0.0656 e. The maximum absolute atomic E-state index is 3.75. The molecule has 0 saturated carbocycles. The third-order valence-electron chi connectivity index (χ3n) is 6.75. The van der Waals surface area contributed by atoms with Gasteiger partial charge >= 0.3 is 0 Å². The zero-order chi connectivity index (χ0) is 17.8. The summed E-state index contributed by atoms with van der Waals surface area (Å²) in [4.78, 5) is 3.75. The molecule has 1 N–H and O–H groups in total. The second kappa shape index (κ2) is 4.34. The Balaban J connectivity index is 1.83. The molecule has 0 bridgehead atoms. The number of para-hydroxylation sites is 2.